The number of nitrogens with one attached hydrogen (secondary N) is 2. The lowest BCUT2D eigenvalue weighted by Gasteiger charge is -2.29. The average molecular weight is 425 g/mol. The lowest BCUT2D eigenvalue weighted by atomic mass is 9.78. The van der Waals surface area contributed by atoms with E-state index in [0.717, 1.165) is 28.2 Å². The molecular weight excluding hydrogens is 402 g/mol. The largest absolute Gasteiger partial charge is 0.372 e. The first-order chi connectivity index (χ1) is 15.5. The summed E-state index contributed by atoms with van der Waals surface area (Å²) in [4.78, 5) is 24.5. The molecule has 2 N–H and O–H groups in total. The molecule has 6 nitrogen and oxygen atoms in total. The van der Waals surface area contributed by atoms with Crippen molar-refractivity contribution in [2.75, 3.05) is 10.6 Å². The van der Waals surface area contributed by atoms with Gasteiger partial charge in [0.1, 0.15) is 0 Å². The van der Waals surface area contributed by atoms with Gasteiger partial charge in [0.2, 0.25) is 0 Å². The van der Waals surface area contributed by atoms with Gasteiger partial charge >= 0.3 is 0 Å². The van der Waals surface area contributed by atoms with Crippen LogP contribution in [-0.2, 0) is 4.79 Å². The molecular formula is C26H23N3O3. The quantitative estimate of drug-likeness (QED) is 0.404. The monoisotopic (exact) mass is 425 g/mol. The minimum absolute atomic E-state index is 0.0125. The first kappa shape index (κ1) is 20.0. The maximum Gasteiger partial charge on any atom is 0.269 e. The Hall–Kier alpha value is -3.93. The first-order valence-corrected chi connectivity index (χ1v) is 10.7. The van der Waals surface area contributed by atoms with Crippen molar-refractivity contribution in [1.82, 2.24) is 0 Å². The Morgan fingerprint density at radius 2 is 1.69 bits per heavy atom. The molecule has 0 spiro atoms. The first-order valence-electron chi connectivity index (χ1n) is 10.7. The molecule has 2 aliphatic rings. The Kier molecular flexibility index (Phi) is 4.98. The smallest absolute Gasteiger partial charge is 0.269 e. The second-order valence-electron chi connectivity index (χ2n) is 8.43. The number of carbonyl (C=O) groups is 1. The van der Waals surface area contributed by atoms with Crippen molar-refractivity contribution in [3.8, 4) is 0 Å². The Morgan fingerprint density at radius 1 is 0.906 bits per heavy atom. The predicted molar refractivity (Wildman–Crippen MR) is 125 cm³/mol. The Bertz CT molecular complexity index is 1250. The summed E-state index contributed by atoms with van der Waals surface area (Å²) in [5.41, 5.74) is 6.25. The van der Waals surface area contributed by atoms with Crippen molar-refractivity contribution in [3.63, 3.8) is 0 Å². The number of rotatable bonds is 3. The fourth-order valence-electron chi connectivity index (χ4n) is 4.69. The third-order valence-corrected chi connectivity index (χ3v) is 6.24. The van der Waals surface area contributed by atoms with Crippen molar-refractivity contribution in [2.45, 2.75) is 31.7 Å². The lowest BCUT2D eigenvalue weighted by molar-refractivity contribution is -0.384. The van der Waals surface area contributed by atoms with Gasteiger partial charge in [-0.2, -0.15) is 0 Å². The number of nitrogens with zero attached hydrogens (tertiary/aromatic N) is 1. The van der Waals surface area contributed by atoms with Crippen molar-refractivity contribution in [1.29, 1.82) is 0 Å². The van der Waals surface area contributed by atoms with Gasteiger partial charge in [-0.25, -0.2) is 0 Å². The van der Waals surface area contributed by atoms with Crippen LogP contribution in [0.2, 0.25) is 0 Å². The number of Topliss-reactive ketones (excluding diaryl/α,β-unsaturated/α-hetero) is 1. The molecule has 1 heterocycles. The number of nitro benzene ring substituents is 1. The van der Waals surface area contributed by atoms with Gasteiger partial charge in [0.05, 0.1) is 22.3 Å². The van der Waals surface area contributed by atoms with Crippen LogP contribution in [0.1, 0.15) is 41.5 Å². The zero-order valence-electron chi connectivity index (χ0n) is 17.7. The molecule has 0 bridgehead atoms. The third-order valence-electron chi connectivity index (χ3n) is 6.24. The molecule has 2 atom stereocenters. The molecule has 5 rings (SSSR count). The predicted octanol–water partition coefficient (Wildman–Crippen LogP) is 5.88. The van der Waals surface area contributed by atoms with E-state index in [0.29, 0.717) is 24.0 Å². The number of nitro groups is 1. The number of ketones is 1. The second kappa shape index (κ2) is 7.96. The second-order valence-corrected chi connectivity index (χ2v) is 8.43. The van der Waals surface area contributed by atoms with Crippen molar-refractivity contribution < 1.29 is 9.72 Å². The summed E-state index contributed by atoms with van der Waals surface area (Å²) >= 11 is 0. The molecule has 0 aromatic heterocycles. The van der Waals surface area contributed by atoms with E-state index in [9.17, 15) is 14.9 Å². The summed E-state index contributed by atoms with van der Waals surface area (Å²) in [6.07, 6.45) is 1.11. The number of non-ortho nitro benzene ring substituents is 1. The van der Waals surface area contributed by atoms with Crippen LogP contribution in [0.4, 0.5) is 17.1 Å². The minimum atomic E-state index is -0.468. The van der Waals surface area contributed by atoms with Crippen LogP contribution in [0.15, 0.2) is 84.1 Å². The van der Waals surface area contributed by atoms with Crippen LogP contribution in [0, 0.1) is 17.0 Å². The molecule has 3 aromatic carbocycles. The maximum atomic E-state index is 13.5. The zero-order valence-corrected chi connectivity index (χ0v) is 17.7. The average Bonchev–Trinajstić information content (AvgIpc) is 2.96. The van der Waals surface area contributed by atoms with Crippen LogP contribution in [0.5, 0.6) is 0 Å². The van der Waals surface area contributed by atoms with Gasteiger partial charge < -0.3 is 10.6 Å². The number of carbonyl (C=O) groups excluding carboxylic acids is 1. The number of fused-ring (bicyclic) bond motifs is 1. The normalized spacial score (nSPS) is 19.8. The molecule has 32 heavy (non-hydrogen) atoms. The molecule has 1 aliphatic heterocycles. The van der Waals surface area contributed by atoms with E-state index in [1.165, 1.54) is 6.07 Å². The summed E-state index contributed by atoms with van der Waals surface area (Å²) in [5, 5.41) is 18.4. The molecule has 0 fully saturated rings. The molecule has 3 aromatic rings. The Morgan fingerprint density at radius 3 is 2.47 bits per heavy atom. The van der Waals surface area contributed by atoms with Crippen LogP contribution < -0.4 is 10.6 Å². The maximum absolute atomic E-state index is 13.5. The van der Waals surface area contributed by atoms with E-state index >= 15 is 0 Å². The Labute approximate surface area is 186 Å². The highest BCUT2D eigenvalue weighted by atomic mass is 16.6. The summed E-state index contributed by atoms with van der Waals surface area (Å²) in [6.45, 7) is 2.01. The van der Waals surface area contributed by atoms with E-state index in [1.807, 2.05) is 49.4 Å². The number of allylic oxidation sites excluding steroid dienone is 1. The van der Waals surface area contributed by atoms with Gasteiger partial charge in [0, 0.05) is 29.8 Å². The van der Waals surface area contributed by atoms with Gasteiger partial charge in [-0.1, -0.05) is 48.5 Å². The lowest BCUT2D eigenvalue weighted by Crippen LogP contribution is -2.26. The minimum Gasteiger partial charge on any atom is -0.372 e. The van der Waals surface area contributed by atoms with E-state index in [1.54, 1.807) is 12.1 Å². The van der Waals surface area contributed by atoms with Crippen LogP contribution >= 0.6 is 0 Å². The van der Waals surface area contributed by atoms with E-state index in [-0.39, 0.29) is 17.4 Å². The fourth-order valence-corrected chi connectivity index (χ4v) is 4.69. The number of hydrogen-bond acceptors (Lipinski definition) is 5. The topological polar surface area (TPSA) is 84.3 Å². The highest BCUT2D eigenvalue weighted by Crippen LogP contribution is 2.44. The van der Waals surface area contributed by atoms with E-state index in [4.69, 9.17) is 0 Å². The van der Waals surface area contributed by atoms with Gasteiger partial charge in [-0.05, 0) is 48.1 Å². The molecule has 1 aliphatic carbocycles. The van der Waals surface area contributed by atoms with Crippen LogP contribution in [-0.4, -0.2) is 10.7 Å². The van der Waals surface area contributed by atoms with Gasteiger partial charge in [-0.15, -0.1) is 0 Å². The standard InChI is InChI=1S/C26H23N3O3/c1-16-10-11-21-22(12-16)28-26(18-8-5-9-20(13-18)29(31)32)25-23(27-21)14-19(15-24(25)30)17-6-3-2-4-7-17/h2-13,19,26-28H,14-15H2,1H3/t19-,26-/m0/s1. The molecule has 0 amide bonds. The van der Waals surface area contributed by atoms with Gasteiger partial charge in [-0.3, -0.25) is 14.9 Å². The molecule has 0 saturated carbocycles. The molecule has 0 radical (unpaired) electrons. The number of benzene rings is 3. The molecule has 0 saturated heterocycles. The molecule has 6 heteroatoms. The van der Waals surface area contributed by atoms with Crippen LogP contribution in [0.3, 0.4) is 0 Å². The van der Waals surface area contributed by atoms with Gasteiger partial charge in [0.15, 0.2) is 5.78 Å². The fraction of sp³-hybridized carbons (Fsp3) is 0.192. The summed E-state index contributed by atoms with van der Waals surface area (Å²) in [5.74, 6) is 0.147. The summed E-state index contributed by atoms with van der Waals surface area (Å²) in [7, 11) is 0. The number of aryl methyl sites for hydroxylation is 1. The number of hydrogen-bond donors (Lipinski definition) is 2. The van der Waals surface area contributed by atoms with Crippen molar-refractivity contribution in [2.24, 2.45) is 0 Å². The third kappa shape index (κ3) is 3.64. The molecule has 0 unspecified atom stereocenters. The van der Waals surface area contributed by atoms with Crippen molar-refractivity contribution in [3.05, 3.63) is 111 Å². The van der Waals surface area contributed by atoms with Crippen LogP contribution in [0.25, 0.3) is 0 Å². The van der Waals surface area contributed by atoms with E-state index in [2.05, 4.69) is 22.8 Å². The molecule has 160 valence electrons. The zero-order chi connectivity index (χ0) is 22.2. The number of anilines is 2. The highest BCUT2D eigenvalue weighted by Gasteiger charge is 2.36. The van der Waals surface area contributed by atoms with Gasteiger partial charge in [0.25, 0.3) is 5.69 Å². The summed E-state index contributed by atoms with van der Waals surface area (Å²) < 4.78 is 0. The SMILES string of the molecule is Cc1ccc2c(c1)N[C@@H](c1cccc([N+](=O)[O-])c1)C1=C(C[C@H](c3ccccc3)CC1=O)N2. The van der Waals surface area contributed by atoms with Crippen molar-refractivity contribution >= 4 is 22.8 Å². The Balaban J connectivity index is 1.64. The summed E-state index contributed by atoms with van der Waals surface area (Å²) in [6, 6.07) is 22.2. The van der Waals surface area contributed by atoms with E-state index < -0.39 is 11.0 Å². The highest BCUT2D eigenvalue weighted by molar-refractivity contribution is 6.01.